The van der Waals surface area contributed by atoms with E-state index in [4.69, 9.17) is 66.3 Å². The summed E-state index contributed by atoms with van der Waals surface area (Å²) in [6, 6.07) is 14.2. The number of benzene rings is 2. The van der Waals surface area contributed by atoms with Gasteiger partial charge in [-0.15, -0.1) is 24.2 Å². The van der Waals surface area contributed by atoms with Gasteiger partial charge in [-0.25, -0.2) is 13.2 Å². The number of carbonyl (C=O) groups excluding carboxylic acids is 4. The molecule has 2 aliphatic heterocycles. The second-order valence-corrected chi connectivity index (χ2v) is 20.1. The zero-order valence-corrected chi connectivity index (χ0v) is 32.7. The smallest absolute Gasteiger partial charge is 0.355 e. The number of alkyl halides is 5. The number of para-hydroxylation sites is 1. The number of esters is 2. The number of hydrogen-bond donors (Lipinski definition) is 2. The molecule has 2 aromatic rings. The average Bonchev–Trinajstić information content (AvgIpc) is 3.02. The van der Waals surface area contributed by atoms with Gasteiger partial charge >= 0.3 is 14.3 Å². The largest absolute Gasteiger partial charge is 0.461 e. The molecule has 2 aliphatic rings. The summed E-state index contributed by atoms with van der Waals surface area (Å²) in [6.07, 6.45) is -0.382. The van der Waals surface area contributed by atoms with E-state index < -0.39 is 96.7 Å². The lowest BCUT2D eigenvalue weighted by molar-refractivity contribution is -0.198. The van der Waals surface area contributed by atoms with Gasteiger partial charge in [0.1, 0.15) is 24.3 Å². The molecule has 1 fully saturated rings. The Hall–Kier alpha value is -1.90. The molecule has 3 N–H and O–H groups in total. The summed E-state index contributed by atoms with van der Waals surface area (Å²) in [5.74, 6) is -4.72. The monoisotopic (exact) mass is 931 g/mol. The number of halogens is 6. The van der Waals surface area contributed by atoms with Crippen LogP contribution in [0.15, 0.2) is 65.9 Å². The van der Waals surface area contributed by atoms with Crippen LogP contribution in [-0.2, 0) is 58.5 Å². The molecular weight excluding hydrogens is 907 g/mol. The predicted molar refractivity (Wildman–Crippen MR) is 194 cm³/mol. The number of nitrogens with two attached hydrogens (primary N) is 1. The van der Waals surface area contributed by atoms with Crippen LogP contribution in [-0.4, -0.2) is 73.3 Å². The fraction of sp³-hybridized carbons (Fsp3) is 0.357. The maximum atomic E-state index is 14.2. The van der Waals surface area contributed by atoms with Crippen molar-refractivity contribution in [1.29, 1.82) is 0 Å². The summed E-state index contributed by atoms with van der Waals surface area (Å²) in [6.45, 7) is -0.0487. The van der Waals surface area contributed by atoms with Crippen LogP contribution in [0.25, 0.3) is 0 Å². The summed E-state index contributed by atoms with van der Waals surface area (Å²) < 4.78 is 51.0. The Labute approximate surface area is 321 Å². The molecule has 0 radical (unpaired) electrons. The number of ether oxygens (including phenoxy) is 3. The van der Waals surface area contributed by atoms with Gasteiger partial charge in [0.15, 0.2) is 0 Å². The molecule has 1 saturated heterocycles. The first-order valence-corrected chi connectivity index (χ1v) is 19.7. The topological polar surface area (TPSA) is 188 Å². The Morgan fingerprint density at radius 1 is 1.08 bits per heavy atom. The minimum absolute atomic E-state index is 0. The second-order valence-electron chi connectivity index (χ2n) is 10.3. The molecule has 1 unspecified atom stereocenters. The van der Waals surface area contributed by atoms with Gasteiger partial charge in [0.05, 0.1) is 12.2 Å². The fourth-order valence-electron chi connectivity index (χ4n) is 4.64. The van der Waals surface area contributed by atoms with Crippen LogP contribution in [0.3, 0.4) is 0 Å². The zero-order chi connectivity index (χ0) is 35.5. The number of rotatable bonds is 13. The average molecular weight is 934 g/mol. The zero-order valence-electron chi connectivity index (χ0n) is 25.0. The molecule has 0 saturated carbocycles. The molecule has 3 atom stereocenters. The SMILES string of the molecule is CC(=O)OCC1=C(C(=O)OCC(Cl)(Cl)Cl)N2C(=O)[C@@](NC(=O)Cc3ccccc3N)(OC(Cl)(I=O)S(=O)(=O)Cc3ccccc3)[C@H]2SC1.Cl. The Morgan fingerprint density at radius 2 is 1.71 bits per heavy atom. The van der Waals surface area contributed by atoms with Gasteiger partial charge < -0.3 is 20.5 Å². The lowest BCUT2D eigenvalue weighted by Crippen LogP contribution is -2.82. The van der Waals surface area contributed by atoms with Gasteiger partial charge in [0.25, 0.3) is 11.6 Å². The molecule has 21 heteroatoms. The van der Waals surface area contributed by atoms with E-state index in [1.54, 1.807) is 42.5 Å². The van der Waals surface area contributed by atoms with E-state index >= 15 is 0 Å². The lowest BCUT2D eigenvalue weighted by atomic mass is 9.97. The van der Waals surface area contributed by atoms with Crippen LogP contribution in [0.5, 0.6) is 0 Å². The third kappa shape index (κ3) is 9.51. The van der Waals surface area contributed by atoms with Crippen LogP contribution in [0, 0.1) is 0 Å². The number of thioether (sulfide) groups is 1. The molecule has 49 heavy (non-hydrogen) atoms. The van der Waals surface area contributed by atoms with Crippen LogP contribution in [0.1, 0.15) is 18.1 Å². The molecule has 0 spiro atoms. The van der Waals surface area contributed by atoms with Crippen molar-refractivity contribution >= 4 is 131 Å². The summed E-state index contributed by atoms with van der Waals surface area (Å²) in [5, 5.41) is 1.06. The molecule has 268 valence electrons. The predicted octanol–water partition coefficient (Wildman–Crippen LogP) is 4.49. The van der Waals surface area contributed by atoms with Crippen molar-refractivity contribution in [1.82, 2.24) is 10.2 Å². The number of fused-ring (bicyclic) bond motifs is 1. The summed E-state index contributed by atoms with van der Waals surface area (Å²) in [5.41, 5.74) is 4.01. The van der Waals surface area contributed by atoms with E-state index in [9.17, 15) is 30.7 Å². The van der Waals surface area contributed by atoms with E-state index in [2.05, 4.69) is 5.32 Å². The number of anilines is 1. The van der Waals surface area contributed by atoms with Gasteiger partial charge in [-0.1, -0.05) is 94.9 Å². The molecule has 4 rings (SSSR count). The quantitative estimate of drug-likeness (QED) is 0.0717. The summed E-state index contributed by atoms with van der Waals surface area (Å²) in [4.78, 5) is 53.5. The van der Waals surface area contributed by atoms with Crippen LogP contribution in [0.4, 0.5) is 5.69 Å². The number of carbonyl (C=O) groups is 4. The number of amides is 2. The van der Waals surface area contributed by atoms with Crippen LogP contribution >= 0.6 is 91.8 Å². The van der Waals surface area contributed by atoms with Gasteiger partial charge in [0, 0.05) is 23.9 Å². The molecular formula is C28H27Cl5IN3O10S2. The highest BCUT2D eigenvalue weighted by Gasteiger charge is 2.71. The van der Waals surface area contributed by atoms with Crippen molar-refractivity contribution in [2.75, 3.05) is 24.7 Å². The van der Waals surface area contributed by atoms with Crippen LogP contribution < -0.4 is 11.1 Å². The van der Waals surface area contributed by atoms with Crippen molar-refractivity contribution in [2.45, 2.75) is 36.4 Å². The standard InChI is InChI=1S/C28H26Cl4IN3O10S2.ClH/c1-16(37)44-12-19-13-47-25-27(35-21(38)11-18-9-5-6-10-20(18)34,24(40)36(25)22(19)23(39)45-15-26(29,30)31)46-28(32,33-41)48(42,43)14-17-7-3-2-4-8-17;/h2-10,25H,11-15,34H2,1H3,(H,35,38);1H/t25-,27-,28?;/m1./s1. The minimum Gasteiger partial charge on any atom is -0.461 e. The Balaban J connectivity index is 0.00000650. The van der Waals surface area contributed by atoms with Crippen molar-refractivity contribution in [3.8, 4) is 0 Å². The van der Waals surface area contributed by atoms with E-state index in [0.717, 1.165) is 23.6 Å². The fourth-order valence-corrected chi connectivity index (χ4v) is 9.34. The molecule has 2 amide bonds. The highest BCUT2D eigenvalue weighted by Crippen LogP contribution is 2.52. The normalized spacial score (nSPS) is 20.2. The Morgan fingerprint density at radius 3 is 2.31 bits per heavy atom. The molecule has 13 nitrogen and oxygen atoms in total. The highest BCUT2D eigenvalue weighted by atomic mass is 127. The van der Waals surface area contributed by atoms with Gasteiger partial charge in [-0.3, -0.25) is 27.1 Å². The van der Waals surface area contributed by atoms with Crippen molar-refractivity contribution in [3.63, 3.8) is 0 Å². The van der Waals surface area contributed by atoms with Crippen molar-refractivity contribution in [3.05, 3.63) is 77.0 Å². The van der Waals surface area contributed by atoms with Gasteiger partial charge in [0.2, 0.25) is 40.7 Å². The maximum absolute atomic E-state index is 14.2. The van der Waals surface area contributed by atoms with Gasteiger partial charge in [-0.05, 0) is 17.2 Å². The summed E-state index contributed by atoms with van der Waals surface area (Å²) in [7, 11) is -4.66. The Bertz CT molecular complexity index is 1770. The highest BCUT2D eigenvalue weighted by molar-refractivity contribution is 14.1. The van der Waals surface area contributed by atoms with E-state index in [0.29, 0.717) is 5.56 Å². The number of nitrogens with zero attached hydrogens (tertiary/aromatic N) is 1. The number of nitrogen functional groups attached to an aromatic ring is 1. The number of hydrogen-bond acceptors (Lipinski definition) is 12. The first-order chi connectivity index (χ1) is 22.4. The Kier molecular flexibility index (Phi) is 14.1. The minimum atomic E-state index is -4.66. The summed E-state index contributed by atoms with van der Waals surface area (Å²) >= 11 is 21.8. The van der Waals surface area contributed by atoms with Gasteiger partial charge in [-0.2, -0.15) is 0 Å². The third-order valence-corrected chi connectivity index (χ3v) is 14.4. The molecule has 0 aromatic heterocycles. The van der Waals surface area contributed by atoms with E-state index in [1.807, 2.05) is 0 Å². The molecule has 0 bridgehead atoms. The van der Waals surface area contributed by atoms with Crippen molar-refractivity contribution < 1.29 is 44.9 Å². The van der Waals surface area contributed by atoms with E-state index in [-0.39, 0.29) is 41.4 Å². The molecule has 2 heterocycles. The number of sulfone groups is 1. The number of nitrogens with one attached hydrogen (secondary N) is 1. The number of β-lactam (4-membered cyclic amide) rings is 1. The first-order valence-electron chi connectivity index (χ1n) is 13.6. The molecule has 2 aromatic carbocycles. The molecule has 0 aliphatic carbocycles. The second kappa shape index (κ2) is 16.6. The first kappa shape index (κ1) is 41.5. The van der Waals surface area contributed by atoms with Crippen LogP contribution in [0.2, 0.25) is 0 Å². The van der Waals surface area contributed by atoms with Crippen molar-refractivity contribution in [2.24, 2.45) is 0 Å². The maximum Gasteiger partial charge on any atom is 0.355 e. The van der Waals surface area contributed by atoms with E-state index in [1.165, 1.54) is 12.1 Å². The lowest BCUT2D eigenvalue weighted by Gasteiger charge is -2.57. The third-order valence-electron chi connectivity index (χ3n) is 6.78.